The minimum atomic E-state index is -1.65. The fourth-order valence-corrected chi connectivity index (χ4v) is 4.65. The van der Waals surface area contributed by atoms with Gasteiger partial charge in [-0.15, -0.1) is 0 Å². The molecule has 4 rings (SSSR count). The lowest BCUT2D eigenvalue weighted by Crippen LogP contribution is -2.43. The van der Waals surface area contributed by atoms with Gasteiger partial charge in [0.05, 0.1) is 20.8 Å². The number of aliphatic hydroxyl groups excluding tert-OH is 1. The second kappa shape index (κ2) is 15.5. The van der Waals surface area contributed by atoms with Gasteiger partial charge in [0.25, 0.3) is 0 Å². The Labute approximate surface area is 256 Å². The predicted molar refractivity (Wildman–Crippen MR) is 168 cm³/mol. The van der Waals surface area contributed by atoms with Crippen molar-refractivity contribution in [3.63, 3.8) is 0 Å². The Morgan fingerprint density at radius 1 is 0.841 bits per heavy atom. The van der Waals surface area contributed by atoms with Crippen LogP contribution in [0.2, 0.25) is 0 Å². The number of benzene rings is 4. The molecule has 0 radical (unpaired) electrons. The first-order valence-corrected chi connectivity index (χ1v) is 14.1. The molecule has 0 aliphatic rings. The van der Waals surface area contributed by atoms with Crippen molar-refractivity contribution in [3.05, 3.63) is 126 Å². The Bertz CT molecular complexity index is 1500. The Hall–Kier alpha value is -4.90. The van der Waals surface area contributed by atoms with Gasteiger partial charge in [-0.25, -0.2) is 9.59 Å². The molecule has 0 aromatic heterocycles. The van der Waals surface area contributed by atoms with Crippen molar-refractivity contribution in [1.82, 2.24) is 5.32 Å². The lowest BCUT2D eigenvalue weighted by Gasteiger charge is -2.32. The summed E-state index contributed by atoms with van der Waals surface area (Å²) in [6.45, 7) is 0.408. The van der Waals surface area contributed by atoms with Crippen LogP contribution in [0.15, 0.2) is 109 Å². The minimum Gasteiger partial charge on any atom is -0.491 e. The van der Waals surface area contributed by atoms with E-state index in [0.717, 1.165) is 5.56 Å². The van der Waals surface area contributed by atoms with Gasteiger partial charge >= 0.3 is 12.2 Å². The first-order chi connectivity index (χ1) is 21.3. The monoisotopic (exact) mass is 599 g/mol. The summed E-state index contributed by atoms with van der Waals surface area (Å²) in [4.78, 5) is 26.2. The van der Waals surface area contributed by atoms with Gasteiger partial charge in [-0.1, -0.05) is 72.8 Å². The molecule has 0 fully saturated rings. The molecule has 0 saturated heterocycles. The van der Waals surface area contributed by atoms with Gasteiger partial charge < -0.3 is 29.7 Å². The summed E-state index contributed by atoms with van der Waals surface area (Å²) in [6, 6.07) is 32.4. The zero-order valence-electron chi connectivity index (χ0n) is 24.7. The van der Waals surface area contributed by atoms with Gasteiger partial charge in [-0.3, -0.25) is 10.2 Å². The number of methoxy groups -OCH3 is 2. The largest absolute Gasteiger partial charge is 0.491 e. The van der Waals surface area contributed by atoms with Crippen LogP contribution >= 0.6 is 0 Å². The summed E-state index contributed by atoms with van der Waals surface area (Å²) in [6.07, 6.45) is -2.07. The quantitative estimate of drug-likeness (QED) is 0.171. The smallest absolute Gasteiger partial charge is 0.414 e. The molecule has 0 spiro atoms. The van der Waals surface area contributed by atoms with Gasteiger partial charge in [0, 0.05) is 24.5 Å². The van der Waals surface area contributed by atoms with Crippen molar-refractivity contribution in [3.8, 4) is 5.75 Å². The SMILES string of the molecule is COC(=O)Nc1cccc(C(O)(CNCC(O)COc2ccccc2)c2cccc(N(Cc3ccccc3)C(=O)OC)c2)c1. The van der Waals surface area contributed by atoms with Crippen molar-refractivity contribution < 1.29 is 34.0 Å². The number of anilines is 2. The number of nitrogens with zero attached hydrogens (tertiary/aromatic N) is 1. The maximum absolute atomic E-state index is 12.9. The number of hydrogen-bond acceptors (Lipinski definition) is 8. The van der Waals surface area contributed by atoms with E-state index in [9.17, 15) is 19.8 Å². The maximum Gasteiger partial charge on any atom is 0.414 e. The van der Waals surface area contributed by atoms with Crippen LogP contribution in [0.25, 0.3) is 0 Å². The van der Waals surface area contributed by atoms with Crippen LogP contribution in [-0.4, -0.2) is 62.4 Å². The third-order valence-electron chi connectivity index (χ3n) is 6.93. The third kappa shape index (κ3) is 8.57. The van der Waals surface area contributed by atoms with Crippen LogP contribution < -0.4 is 20.3 Å². The van der Waals surface area contributed by atoms with Crippen LogP contribution in [0.1, 0.15) is 16.7 Å². The average Bonchev–Trinajstić information content (AvgIpc) is 3.07. The number of para-hydroxylation sites is 1. The molecule has 10 nitrogen and oxygen atoms in total. The number of nitrogens with one attached hydrogen (secondary N) is 2. The van der Waals surface area contributed by atoms with Crippen LogP contribution in [-0.2, 0) is 21.6 Å². The summed E-state index contributed by atoms with van der Waals surface area (Å²) >= 11 is 0. The van der Waals surface area contributed by atoms with Crippen molar-refractivity contribution in [2.45, 2.75) is 18.2 Å². The lowest BCUT2D eigenvalue weighted by molar-refractivity contribution is 0.0663. The summed E-state index contributed by atoms with van der Waals surface area (Å²) < 4.78 is 15.5. The van der Waals surface area contributed by atoms with Gasteiger partial charge in [0.2, 0.25) is 0 Å². The fraction of sp³-hybridized carbons (Fsp3) is 0.235. The zero-order valence-corrected chi connectivity index (χ0v) is 24.7. The first kappa shape index (κ1) is 32.0. The Balaban J connectivity index is 1.62. The van der Waals surface area contributed by atoms with E-state index in [2.05, 4.69) is 10.6 Å². The number of rotatable bonds is 13. The molecular formula is C34H37N3O7. The highest BCUT2D eigenvalue weighted by Gasteiger charge is 2.33. The van der Waals surface area contributed by atoms with Crippen molar-refractivity contribution in [2.75, 3.05) is 44.1 Å². The van der Waals surface area contributed by atoms with E-state index >= 15 is 0 Å². The molecular weight excluding hydrogens is 562 g/mol. The Morgan fingerprint density at radius 3 is 2.18 bits per heavy atom. The predicted octanol–water partition coefficient (Wildman–Crippen LogP) is 4.90. The topological polar surface area (TPSA) is 130 Å². The van der Waals surface area contributed by atoms with E-state index < -0.39 is 23.9 Å². The molecule has 230 valence electrons. The molecule has 2 unspecified atom stereocenters. The van der Waals surface area contributed by atoms with E-state index in [4.69, 9.17) is 14.2 Å². The zero-order chi connectivity index (χ0) is 31.4. The molecule has 4 N–H and O–H groups in total. The molecule has 2 atom stereocenters. The van der Waals surface area contributed by atoms with E-state index in [0.29, 0.717) is 28.3 Å². The van der Waals surface area contributed by atoms with Gasteiger partial charge in [0.1, 0.15) is 24.1 Å². The molecule has 0 aliphatic carbocycles. The Morgan fingerprint density at radius 2 is 1.50 bits per heavy atom. The first-order valence-electron chi connectivity index (χ1n) is 14.1. The molecule has 10 heteroatoms. The molecule has 4 aromatic carbocycles. The second-order valence-electron chi connectivity index (χ2n) is 10.1. The summed E-state index contributed by atoms with van der Waals surface area (Å²) in [7, 11) is 2.58. The number of hydrogen-bond donors (Lipinski definition) is 4. The number of carbonyl (C=O) groups excluding carboxylic acids is 2. The summed E-state index contributed by atoms with van der Waals surface area (Å²) in [5.41, 5.74) is 1.09. The van der Waals surface area contributed by atoms with Crippen LogP contribution in [0.5, 0.6) is 5.75 Å². The van der Waals surface area contributed by atoms with Gasteiger partial charge in [0.15, 0.2) is 0 Å². The van der Waals surface area contributed by atoms with Crippen LogP contribution in [0.4, 0.5) is 21.0 Å². The second-order valence-corrected chi connectivity index (χ2v) is 10.1. The van der Waals surface area contributed by atoms with Crippen molar-refractivity contribution >= 4 is 23.6 Å². The number of ether oxygens (including phenoxy) is 3. The minimum absolute atomic E-state index is 0.0164. The normalized spacial score (nSPS) is 12.8. The number of amides is 2. The summed E-state index contributed by atoms with van der Waals surface area (Å²) in [5.74, 6) is 0.639. The van der Waals surface area contributed by atoms with Crippen LogP contribution in [0.3, 0.4) is 0 Å². The number of aliphatic hydroxyl groups is 2. The fourth-order valence-electron chi connectivity index (χ4n) is 4.65. The van der Waals surface area contributed by atoms with Crippen LogP contribution in [0, 0.1) is 0 Å². The molecule has 0 saturated carbocycles. The van der Waals surface area contributed by atoms with E-state index in [1.165, 1.54) is 19.1 Å². The molecule has 4 aromatic rings. The summed E-state index contributed by atoms with van der Waals surface area (Å²) in [5, 5.41) is 28.7. The highest BCUT2D eigenvalue weighted by atomic mass is 16.5. The lowest BCUT2D eigenvalue weighted by atomic mass is 9.85. The van der Waals surface area contributed by atoms with Gasteiger partial charge in [-0.2, -0.15) is 0 Å². The Kier molecular flexibility index (Phi) is 11.3. The molecule has 2 amide bonds. The third-order valence-corrected chi connectivity index (χ3v) is 6.93. The van der Waals surface area contributed by atoms with E-state index in [1.807, 2.05) is 48.5 Å². The highest BCUT2D eigenvalue weighted by molar-refractivity contribution is 5.87. The van der Waals surface area contributed by atoms with E-state index in [-0.39, 0.29) is 26.2 Å². The van der Waals surface area contributed by atoms with Crippen molar-refractivity contribution in [2.24, 2.45) is 0 Å². The maximum atomic E-state index is 12.9. The van der Waals surface area contributed by atoms with Crippen molar-refractivity contribution in [1.29, 1.82) is 0 Å². The molecule has 0 bridgehead atoms. The van der Waals surface area contributed by atoms with E-state index in [1.54, 1.807) is 60.7 Å². The standard InChI is InChI=1S/C34H37N3O7/c1-42-32(39)36-28-15-9-13-26(19-28)34(41,24-35-21-30(38)23-44-31-17-7-4-8-18-31)27-14-10-16-29(20-27)37(33(40)43-2)22-25-11-5-3-6-12-25/h3-20,30,35,38,41H,21-24H2,1-2H3,(H,36,39). The average molecular weight is 600 g/mol. The van der Waals surface area contributed by atoms with Gasteiger partial charge in [-0.05, 0) is 53.1 Å². The molecule has 44 heavy (non-hydrogen) atoms. The molecule has 0 aliphatic heterocycles. The molecule has 0 heterocycles. The number of carbonyl (C=O) groups is 2. The highest BCUT2D eigenvalue weighted by Crippen LogP contribution is 2.33.